The van der Waals surface area contributed by atoms with E-state index >= 15 is 0 Å². The smallest absolute Gasteiger partial charge is 1.00 e. The van der Waals surface area contributed by atoms with Crippen molar-refractivity contribution in [3.8, 4) is 0 Å². The number of allylic oxidation sites excluding steroid dienone is 3. The van der Waals surface area contributed by atoms with Gasteiger partial charge in [-0.05, 0) is 6.42 Å². The topological polar surface area (TPSA) is 20.2 Å². The summed E-state index contributed by atoms with van der Waals surface area (Å²) in [4.78, 5) is 0. The maximum atomic E-state index is 8.43. The van der Waals surface area contributed by atoms with Crippen LogP contribution in [-0.4, -0.2) is 11.7 Å². The SMILES string of the molecule is OCCC1=[C-]CC=C1.[Cl-].[Cl-].[Zr+4].c1ccc2[cH-]ccc2c1. The third-order valence-electron chi connectivity index (χ3n) is 2.69. The Morgan fingerprint density at radius 2 is 1.90 bits per heavy atom. The van der Waals surface area contributed by atoms with Crippen molar-refractivity contribution in [3.63, 3.8) is 0 Å². The summed E-state index contributed by atoms with van der Waals surface area (Å²) in [6.07, 6.45) is 8.85. The minimum atomic E-state index is 0. The predicted molar refractivity (Wildman–Crippen MR) is 71.8 cm³/mol. The maximum absolute atomic E-state index is 8.43. The first kappa shape index (κ1) is 22.0. The van der Waals surface area contributed by atoms with E-state index in [-0.39, 0.29) is 57.6 Å². The van der Waals surface area contributed by atoms with E-state index in [4.69, 9.17) is 5.11 Å². The molecule has 2 aromatic rings. The molecule has 20 heavy (non-hydrogen) atoms. The summed E-state index contributed by atoms with van der Waals surface area (Å²) in [5.41, 5.74) is 1.15. The van der Waals surface area contributed by atoms with Crippen molar-refractivity contribution in [2.24, 2.45) is 0 Å². The van der Waals surface area contributed by atoms with Crippen LogP contribution in [-0.2, 0) is 26.2 Å². The zero-order valence-electron chi connectivity index (χ0n) is 11.0. The van der Waals surface area contributed by atoms with Gasteiger partial charge in [-0.15, -0.1) is 36.1 Å². The van der Waals surface area contributed by atoms with Crippen molar-refractivity contribution >= 4 is 10.8 Å². The van der Waals surface area contributed by atoms with Gasteiger partial charge in [-0.1, -0.05) is 6.07 Å². The summed E-state index contributed by atoms with van der Waals surface area (Å²) in [5.74, 6) is 0. The average molecular weight is 386 g/mol. The number of aliphatic hydroxyl groups is 1. The number of halogens is 2. The van der Waals surface area contributed by atoms with Gasteiger partial charge in [-0.25, -0.2) is 11.6 Å². The van der Waals surface area contributed by atoms with Gasteiger partial charge in [0.15, 0.2) is 0 Å². The number of hydrogen-bond donors (Lipinski definition) is 1. The molecule has 0 heterocycles. The first-order chi connectivity index (χ1) is 8.40. The number of fused-ring (bicyclic) bond motifs is 1. The van der Waals surface area contributed by atoms with Crippen LogP contribution in [0.25, 0.3) is 10.8 Å². The fraction of sp³-hybridized carbons (Fsp3) is 0.188. The molecule has 1 nitrogen and oxygen atoms in total. The molecule has 0 fully saturated rings. The minimum absolute atomic E-state index is 0. The van der Waals surface area contributed by atoms with Gasteiger partial charge in [0.05, 0.1) is 0 Å². The van der Waals surface area contributed by atoms with Crippen LogP contribution in [0.1, 0.15) is 12.8 Å². The Kier molecular flexibility index (Phi) is 13.7. The molecule has 3 rings (SSSR count). The van der Waals surface area contributed by atoms with Crippen molar-refractivity contribution in [1.82, 2.24) is 0 Å². The van der Waals surface area contributed by atoms with Crippen LogP contribution in [0, 0.1) is 6.08 Å². The van der Waals surface area contributed by atoms with Crippen molar-refractivity contribution in [3.05, 3.63) is 66.3 Å². The van der Waals surface area contributed by atoms with Crippen molar-refractivity contribution in [2.75, 3.05) is 6.61 Å². The molecule has 1 aliphatic carbocycles. The first-order valence-corrected chi connectivity index (χ1v) is 5.87. The molecular formula is C16H16Cl2OZr. The first-order valence-electron chi connectivity index (χ1n) is 5.87. The van der Waals surface area contributed by atoms with E-state index in [9.17, 15) is 0 Å². The fourth-order valence-electron chi connectivity index (χ4n) is 1.81. The molecule has 0 unspecified atom stereocenters. The molecule has 0 saturated heterocycles. The van der Waals surface area contributed by atoms with Crippen molar-refractivity contribution in [1.29, 1.82) is 0 Å². The molecule has 0 aromatic heterocycles. The van der Waals surface area contributed by atoms with E-state index in [0.29, 0.717) is 0 Å². The number of rotatable bonds is 2. The van der Waals surface area contributed by atoms with Crippen LogP contribution >= 0.6 is 0 Å². The normalized spacial score (nSPS) is 11.3. The third-order valence-corrected chi connectivity index (χ3v) is 2.69. The molecule has 0 atom stereocenters. The van der Waals surface area contributed by atoms with E-state index in [0.717, 1.165) is 18.4 Å². The van der Waals surface area contributed by atoms with E-state index in [1.54, 1.807) is 0 Å². The van der Waals surface area contributed by atoms with Crippen LogP contribution in [0.5, 0.6) is 0 Å². The average Bonchev–Trinajstić information content (AvgIpc) is 3.00. The molecular weight excluding hydrogens is 370 g/mol. The standard InChI is InChI=1S/C9H7.C7H9O.2ClH.Zr/c1-2-5-9-7-3-6-8(9)4-1;8-6-5-7-3-1-2-4-7;;;/h1-7H;1,3,8H,2,5-6H2;2*1H;/q2*-1;;;+4/p-2. The summed E-state index contributed by atoms with van der Waals surface area (Å²) in [6.45, 7) is 0.243. The van der Waals surface area contributed by atoms with Gasteiger partial charge in [0.25, 0.3) is 0 Å². The third kappa shape index (κ3) is 6.95. The van der Waals surface area contributed by atoms with Crippen LogP contribution in [0.4, 0.5) is 0 Å². The Morgan fingerprint density at radius 3 is 2.50 bits per heavy atom. The summed E-state index contributed by atoms with van der Waals surface area (Å²) in [6, 6.07) is 14.7. The van der Waals surface area contributed by atoms with E-state index in [2.05, 4.69) is 48.5 Å². The van der Waals surface area contributed by atoms with Gasteiger partial charge in [0.2, 0.25) is 0 Å². The largest absolute Gasteiger partial charge is 4.00 e. The predicted octanol–water partition coefficient (Wildman–Crippen LogP) is -2.38. The maximum Gasteiger partial charge on any atom is 4.00 e. The fourth-order valence-corrected chi connectivity index (χ4v) is 1.81. The quantitative estimate of drug-likeness (QED) is 0.572. The molecule has 0 bridgehead atoms. The Morgan fingerprint density at radius 1 is 1.15 bits per heavy atom. The summed E-state index contributed by atoms with van der Waals surface area (Å²) in [7, 11) is 0. The second kappa shape index (κ2) is 12.5. The van der Waals surface area contributed by atoms with Crippen LogP contribution in [0.2, 0.25) is 0 Å². The van der Waals surface area contributed by atoms with Crippen molar-refractivity contribution < 1.29 is 56.1 Å². The minimum Gasteiger partial charge on any atom is -1.00 e. The molecule has 0 spiro atoms. The van der Waals surface area contributed by atoms with Crippen LogP contribution in [0.15, 0.2) is 60.2 Å². The Hall–Kier alpha value is -0.267. The van der Waals surface area contributed by atoms with Gasteiger partial charge in [0, 0.05) is 6.61 Å². The van der Waals surface area contributed by atoms with E-state index in [1.807, 2.05) is 12.2 Å². The van der Waals surface area contributed by atoms with E-state index in [1.165, 1.54) is 10.8 Å². The number of hydrogen-bond acceptors (Lipinski definition) is 1. The van der Waals surface area contributed by atoms with Gasteiger partial charge in [0.1, 0.15) is 0 Å². The molecule has 2 aromatic carbocycles. The Bertz CT molecular complexity index is 502. The molecule has 4 heteroatoms. The van der Waals surface area contributed by atoms with Crippen molar-refractivity contribution in [2.45, 2.75) is 12.8 Å². The van der Waals surface area contributed by atoms with Crippen LogP contribution < -0.4 is 24.8 Å². The van der Waals surface area contributed by atoms with Crippen LogP contribution in [0.3, 0.4) is 0 Å². The molecule has 104 valence electrons. The molecule has 1 aliphatic rings. The zero-order chi connectivity index (χ0) is 11.9. The molecule has 0 amide bonds. The second-order valence-electron chi connectivity index (χ2n) is 3.94. The van der Waals surface area contributed by atoms with Gasteiger partial charge >= 0.3 is 26.2 Å². The molecule has 0 aliphatic heterocycles. The zero-order valence-corrected chi connectivity index (χ0v) is 15.0. The Labute approximate surface area is 152 Å². The summed E-state index contributed by atoms with van der Waals surface area (Å²) in [5, 5.41) is 11.1. The van der Waals surface area contributed by atoms with Gasteiger partial charge in [-0.3, -0.25) is 6.08 Å². The number of benzene rings is 1. The van der Waals surface area contributed by atoms with Gasteiger partial charge < -0.3 is 29.9 Å². The molecule has 1 N–H and O–H groups in total. The monoisotopic (exact) mass is 384 g/mol. The van der Waals surface area contributed by atoms with Gasteiger partial charge in [-0.2, -0.15) is 23.6 Å². The summed E-state index contributed by atoms with van der Waals surface area (Å²) < 4.78 is 0. The van der Waals surface area contributed by atoms with E-state index < -0.39 is 0 Å². The molecule has 0 saturated carbocycles. The second-order valence-corrected chi connectivity index (χ2v) is 3.94. The summed E-state index contributed by atoms with van der Waals surface area (Å²) >= 11 is 0. The molecule has 0 radical (unpaired) electrons. The number of aliphatic hydroxyl groups excluding tert-OH is 1. The Balaban J connectivity index is 0.